The number of nitrogens with one attached hydrogen (secondary N) is 1. The van der Waals surface area contributed by atoms with Gasteiger partial charge in [-0.3, -0.25) is 4.79 Å². The summed E-state index contributed by atoms with van der Waals surface area (Å²) in [4.78, 5) is 12.1. The third-order valence-electron chi connectivity index (χ3n) is 3.07. The summed E-state index contributed by atoms with van der Waals surface area (Å²) < 4.78 is 15.2. The summed E-state index contributed by atoms with van der Waals surface area (Å²) >= 11 is 0. The van der Waals surface area contributed by atoms with Gasteiger partial charge >= 0.3 is 0 Å². The molecule has 0 aliphatic carbocycles. The second kappa shape index (κ2) is 5.83. The Kier molecular flexibility index (Phi) is 4.14. The van der Waals surface area contributed by atoms with Gasteiger partial charge in [-0.15, -0.1) is 0 Å². The van der Waals surface area contributed by atoms with Crippen molar-refractivity contribution in [1.29, 1.82) is 0 Å². The van der Waals surface area contributed by atoms with Gasteiger partial charge in [-0.1, -0.05) is 12.1 Å². The van der Waals surface area contributed by atoms with Crippen LogP contribution < -0.4 is 11.1 Å². The molecule has 0 unspecified atom stereocenters. The van der Waals surface area contributed by atoms with E-state index in [1.165, 1.54) is 16.9 Å². The Bertz CT molecular complexity index is 623. The number of amides is 1. The predicted octanol–water partition coefficient (Wildman–Crippen LogP) is 1.40. The van der Waals surface area contributed by atoms with Crippen molar-refractivity contribution >= 4 is 5.91 Å². The molecule has 2 rings (SSSR count). The molecule has 106 valence electrons. The van der Waals surface area contributed by atoms with Gasteiger partial charge in [0.15, 0.2) is 0 Å². The van der Waals surface area contributed by atoms with Gasteiger partial charge < -0.3 is 11.1 Å². The van der Waals surface area contributed by atoms with E-state index >= 15 is 0 Å². The maximum absolute atomic E-state index is 13.8. The molecule has 0 saturated heterocycles. The number of carbonyl (C=O) groups is 1. The molecule has 0 saturated carbocycles. The topological polar surface area (TPSA) is 72.9 Å². The Morgan fingerprint density at radius 3 is 2.85 bits per heavy atom. The molecular formula is C14H17FN4O. The number of halogens is 1. The minimum absolute atomic E-state index is 0.126. The minimum Gasteiger partial charge on any atom is -0.348 e. The fraction of sp³-hybridized carbons (Fsp3) is 0.286. The molecular weight excluding hydrogens is 259 g/mol. The SMILES string of the molecule is Cc1c(C(=O)N[C@@H](C)CN)cnn1-c1ccccc1F. The van der Waals surface area contributed by atoms with Gasteiger partial charge in [0, 0.05) is 12.6 Å². The van der Waals surface area contributed by atoms with E-state index in [0.717, 1.165) is 0 Å². The lowest BCUT2D eigenvalue weighted by Crippen LogP contribution is -2.37. The molecule has 2 aromatic rings. The van der Waals surface area contributed by atoms with E-state index < -0.39 is 0 Å². The van der Waals surface area contributed by atoms with Gasteiger partial charge in [-0.25, -0.2) is 9.07 Å². The second-order valence-electron chi connectivity index (χ2n) is 4.62. The Morgan fingerprint density at radius 1 is 1.50 bits per heavy atom. The van der Waals surface area contributed by atoms with Gasteiger partial charge in [0.1, 0.15) is 11.5 Å². The van der Waals surface area contributed by atoms with Crippen LogP contribution in [0, 0.1) is 12.7 Å². The first-order valence-corrected chi connectivity index (χ1v) is 6.35. The number of benzene rings is 1. The third kappa shape index (κ3) is 2.70. The molecule has 1 aromatic carbocycles. The quantitative estimate of drug-likeness (QED) is 0.886. The number of carbonyl (C=O) groups excluding carboxylic acids is 1. The van der Waals surface area contributed by atoms with Crippen LogP contribution in [0.15, 0.2) is 30.5 Å². The zero-order valence-corrected chi connectivity index (χ0v) is 11.4. The molecule has 1 amide bonds. The van der Waals surface area contributed by atoms with Crippen molar-refractivity contribution in [3.8, 4) is 5.69 Å². The highest BCUT2D eigenvalue weighted by molar-refractivity contribution is 5.95. The maximum Gasteiger partial charge on any atom is 0.255 e. The molecule has 0 aliphatic rings. The van der Waals surface area contributed by atoms with Crippen molar-refractivity contribution in [3.05, 3.63) is 47.5 Å². The molecule has 1 atom stereocenters. The normalized spacial score (nSPS) is 12.2. The monoisotopic (exact) mass is 276 g/mol. The summed E-state index contributed by atoms with van der Waals surface area (Å²) in [6, 6.07) is 6.16. The zero-order chi connectivity index (χ0) is 14.7. The van der Waals surface area contributed by atoms with E-state index in [1.807, 2.05) is 6.92 Å². The number of rotatable bonds is 4. The molecule has 0 aliphatic heterocycles. The number of nitrogens with two attached hydrogens (primary N) is 1. The minimum atomic E-state index is -0.388. The van der Waals surface area contributed by atoms with Crippen molar-refractivity contribution in [2.75, 3.05) is 6.54 Å². The Balaban J connectivity index is 2.32. The number of hydrogen-bond acceptors (Lipinski definition) is 3. The van der Waals surface area contributed by atoms with E-state index in [0.29, 0.717) is 23.5 Å². The van der Waals surface area contributed by atoms with Gasteiger partial charge in [-0.05, 0) is 26.0 Å². The molecule has 0 bridgehead atoms. The first-order chi connectivity index (χ1) is 9.54. The highest BCUT2D eigenvalue weighted by Gasteiger charge is 2.17. The fourth-order valence-electron chi connectivity index (χ4n) is 1.86. The third-order valence-corrected chi connectivity index (χ3v) is 3.07. The number of aromatic nitrogens is 2. The summed E-state index contributed by atoms with van der Waals surface area (Å²) in [5.41, 5.74) is 6.77. The standard InChI is InChI=1S/C14H17FN4O/c1-9(7-16)18-14(20)11-8-17-19(10(11)2)13-6-4-3-5-12(13)15/h3-6,8-9H,7,16H2,1-2H3,(H,18,20)/t9-/m0/s1. The van der Waals surface area contributed by atoms with Crippen LogP contribution in [-0.2, 0) is 0 Å². The van der Waals surface area contributed by atoms with Crippen LogP contribution >= 0.6 is 0 Å². The van der Waals surface area contributed by atoms with Crippen LogP contribution in [0.25, 0.3) is 5.69 Å². The Hall–Kier alpha value is -2.21. The number of hydrogen-bond donors (Lipinski definition) is 2. The molecule has 1 heterocycles. The van der Waals surface area contributed by atoms with E-state index in [4.69, 9.17) is 5.73 Å². The molecule has 5 nitrogen and oxygen atoms in total. The van der Waals surface area contributed by atoms with Crippen molar-refractivity contribution in [2.24, 2.45) is 5.73 Å². The van der Waals surface area contributed by atoms with Crippen LogP contribution in [-0.4, -0.2) is 28.3 Å². The Labute approximate surface area is 116 Å². The van der Waals surface area contributed by atoms with Crippen LogP contribution in [0.5, 0.6) is 0 Å². The lowest BCUT2D eigenvalue weighted by molar-refractivity contribution is 0.0940. The summed E-state index contributed by atoms with van der Waals surface area (Å²) in [7, 11) is 0. The molecule has 3 N–H and O–H groups in total. The summed E-state index contributed by atoms with van der Waals surface area (Å²) in [5, 5.41) is 6.84. The summed E-state index contributed by atoms with van der Waals surface area (Å²) in [6.45, 7) is 3.89. The number of para-hydroxylation sites is 1. The average molecular weight is 276 g/mol. The number of nitrogens with zero attached hydrogens (tertiary/aromatic N) is 2. The maximum atomic E-state index is 13.8. The van der Waals surface area contributed by atoms with E-state index in [1.54, 1.807) is 25.1 Å². The molecule has 0 fully saturated rings. The highest BCUT2D eigenvalue weighted by Crippen LogP contribution is 2.16. The van der Waals surface area contributed by atoms with Crippen LogP contribution in [0.3, 0.4) is 0 Å². The van der Waals surface area contributed by atoms with Gasteiger partial charge in [0.2, 0.25) is 0 Å². The molecule has 6 heteroatoms. The first kappa shape index (κ1) is 14.2. The second-order valence-corrected chi connectivity index (χ2v) is 4.62. The van der Waals surface area contributed by atoms with Crippen LogP contribution in [0.4, 0.5) is 4.39 Å². The van der Waals surface area contributed by atoms with Gasteiger partial charge in [0.05, 0.1) is 17.5 Å². The van der Waals surface area contributed by atoms with Crippen LogP contribution in [0.1, 0.15) is 23.0 Å². The lowest BCUT2D eigenvalue weighted by atomic mass is 10.2. The molecule has 0 spiro atoms. The summed E-state index contributed by atoms with van der Waals surface area (Å²) in [5.74, 6) is -0.649. The van der Waals surface area contributed by atoms with Gasteiger partial charge in [-0.2, -0.15) is 5.10 Å². The van der Waals surface area contributed by atoms with Crippen molar-refractivity contribution in [3.63, 3.8) is 0 Å². The van der Waals surface area contributed by atoms with Crippen molar-refractivity contribution in [1.82, 2.24) is 15.1 Å². The van der Waals surface area contributed by atoms with Crippen molar-refractivity contribution < 1.29 is 9.18 Å². The molecule has 1 aromatic heterocycles. The highest BCUT2D eigenvalue weighted by atomic mass is 19.1. The summed E-state index contributed by atoms with van der Waals surface area (Å²) in [6.07, 6.45) is 1.43. The van der Waals surface area contributed by atoms with E-state index in [-0.39, 0.29) is 17.8 Å². The fourth-order valence-corrected chi connectivity index (χ4v) is 1.86. The molecule has 0 radical (unpaired) electrons. The van der Waals surface area contributed by atoms with E-state index in [9.17, 15) is 9.18 Å². The van der Waals surface area contributed by atoms with E-state index in [2.05, 4.69) is 10.4 Å². The van der Waals surface area contributed by atoms with Gasteiger partial charge in [0.25, 0.3) is 5.91 Å². The smallest absolute Gasteiger partial charge is 0.255 e. The zero-order valence-electron chi connectivity index (χ0n) is 11.4. The lowest BCUT2D eigenvalue weighted by Gasteiger charge is -2.11. The van der Waals surface area contributed by atoms with Crippen LogP contribution in [0.2, 0.25) is 0 Å². The Morgan fingerprint density at radius 2 is 2.20 bits per heavy atom. The first-order valence-electron chi connectivity index (χ1n) is 6.35. The predicted molar refractivity (Wildman–Crippen MR) is 74.2 cm³/mol. The molecule has 20 heavy (non-hydrogen) atoms. The average Bonchev–Trinajstić information content (AvgIpc) is 2.81. The largest absolute Gasteiger partial charge is 0.348 e. The van der Waals surface area contributed by atoms with Crippen molar-refractivity contribution in [2.45, 2.75) is 19.9 Å².